The molecule has 2 amide bonds. The number of carbonyl (C=O) groups is 2. The first-order chi connectivity index (χ1) is 16.8. The van der Waals surface area contributed by atoms with E-state index in [0.29, 0.717) is 16.8 Å². The standard InChI is InChI=1S/C28H24N2O4S/c1-19-3-15-25(16-4-19)35(33,34)26-17-13-24(14-18-26)30-28(32)23-11-7-21(8-12-23)20-5-9-22(10-6-20)27(31)29-2/h3-18H,1-2H3,(H,29,31)(H,30,32). The molecule has 176 valence electrons. The van der Waals surface area contributed by atoms with Crippen LogP contribution in [0.2, 0.25) is 0 Å². The minimum atomic E-state index is -3.63. The van der Waals surface area contributed by atoms with E-state index in [0.717, 1.165) is 16.7 Å². The van der Waals surface area contributed by atoms with Crippen LogP contribution in [0.25, 0.3) is 11.1 Å². The lowest BCUT2D eigenvalue weighted by molar-refractivity contribution is 0.0962. The highest BCUT2D eigenvalue weighted by Crippen LogP contribution is 2.24. The Morgan fingerprint density at radius 2 is 1.03 bits per heavy atom. The van der Waals surface area contributed by atoms with E-state index in [-0.39, 0.29) is 21.6 Å². The van der Waals surface area contributed by atoms with Crippen LogP contribution >= 0.6 is 0 Å². The van der Waals surface area contributed by atoms with Crippen molar-refractivity contribution < 1.29 is 18.0 Å². The van der Waals surface area contributed by atoms with Gasteiger partial charge in [0.15, 0.2) is 0 Å². The first-order valence-corrected chi connectivity index (χ1v) is 12.4. The number of benzene rings is 4. The number of anilines is 1. The highest BCUT2D eigenvalue weighted by molar-refractivity contribution is 7.91. The maximum Gasteiger partial charge on any atom is 0.255 e. The van der Waals surface area contributed by atoms with Gasteiger partial charge in [-0.05, 0) is 78.7 Å². The van der Waals surface area contributed by atoms with Crippen LogP contribution in [-0.2, 0) is 9.84 Å². The summed E-state index contributed by atoms with van der Waals surface area (Å²) in [6.07, 6.45) is 0. The van der Waals surface area contributed by atoms with Gasteiger partial charge in [-0.3, -0.25) is 9.59 Å². The van der Waals surface area contributed by atoms with E-state index in [1.165, 1.54) is 12.1 Å². The van der Waals surface area contributed by atoms with E-state index in [1.54, 1.807) is 67.7 Å². The largest absolute Gasteiger partial charge is 0.355 e. The van der Waals surface area contributed by atoms with E-state index >= 15 is 0 Å². The van der Waals surface area contributed by atoms with Crippen LogP contribution < -0.4 is 10.6 Å². The van der Waals surface area contributed by atoms with E-state index in [2.05, 4.69) is 10.6 Å². The van der Waals surface area contributed by atoms with Gasteiger partial charge in [0.2, 0.25) is 9.84 Å². The van der Waals surface area contributed by atoms with Crippen molar-refractivity contribution in [3.05, 3.63) is 114 Å². The lowest BCUT2D eigenvalue weighted by Gasteiger charge is -2.09. The van der Waals surface area contributed by atoms with Gasteiger partial charge < -0.3 is 10.6 Å². The van der Waals surface area contributed by atoms with Crippen molar-refractivity contribution in [3.8, 4) is 11.1 Å². The van der Waals surface area contributed by atoms with Gasteiger partial charge in [-0.25, -0.2) is 8.42 Å². The van der Waals surface area contributed by atoms with Gasteiger partial charge in [0.05, 0.1) is 9.79 Å². The first kappa shape index (κ1) is 23.9. The third-order valence-corrected chi connectivity index (χ3v) is 7.39. The Labute approximate surface area is 204 Å². The van der Waals surface area contributed by atoms with Crippen LogP contribution in [0.3, 0.4) is 0 Å². The summed E-state index contributed by atoms with van der Waals surface area (Å²) in [5.41, 5.74) is 4.35. The molecule has 4 aromatic rings. The molecule has 35 heavy (non-hydrogen) atoms. The topological polar surface area (TPSA) is 92.3 Å². The Kier molecular flexibility index (Phi) is 6.80. The minimum Gasteiger partial charge on any atom is -0.355 e. The number of carbonyl (C=O) groups excluding carboxylic acids is 2. The van der Waals surface area contributed by atoms with Gasteiger partial charge >= 0.3 is 0 Å². The van der Waals surface area contributed by atoms with E-state index in [4.69, 9.17) is 0 Å². The minimum absolute atomic E-state index is 0.149. The Morgan fingerprint density at radius 1 is 0.600 bits per heavy atom. The van der Waals surface area contributed by atoms with Crippen LogP contribution in [0.5, 0.6) is 0 Å². The molecule has 4 aromatic carbocycles. The van der Waals surface area contributed by atoms with Crippen molar-refractivity contribution >= 4 is 27.3 Å². The molecule has 0 aliphatic rings. The van der Waals surface area contributed by atoms with Gasteiger partial charge in [-0.1, -0.05) is 42.0 Å². The maximum atomic E-state index is 12.8. The summed E-state index contributed by atoms with van der Waals surface area (Å²) < 4.78 is 25.6. The van der Waals surface area contributed by atoms with Gasteiger partial charge in [0.1, 0.15) is 0 Å². The summed E-state index contributed by atoms with van der Waals surface area (Å²) in [4.78, 5) is 24.7. The summed E-state index contributed by atoms with van der Waals surface area (Å²) >= 11 is 0. The molecule has 0 aliphatic carbocycles. The van der Waals surface area contributed by atoms with Crippen LogP contribution in [0.4, 0.5) is 5.69 Å². The third-order valence-electron chi connectivity index (χ3n) is 5.61. The quantitative estimate of drug-likeness (QED) is 0.398. The van der Waals surface area contributed by atoms with E-state index in [1.807, 2.05) is 31.2 Å². The predicted octanol–water partition coefficient (Wildman–Crippen LogP) is 5.11. The number of sulfone groups is 1. The van der Waals surface area contributed by atoms with Crippen LogP contribution in [0, 0.1) is 6.92 Å². The number of aryl methyl sites for hydroxylation is 1. The van der Waals surface area contributed by atoms with Crippen molar-refractivity contribution in [3.63, 3.8) is 0 Å². The maximum absolute atomic E-state index is 12.8. The predicted molar refractivity (Wildman–Crippen MR) is 136 cm³/mol. The molecule has 0 heterocycles. The first-order valence-electron chi connectivity index (χ1n) is 10.9. The highest BCUT2D eigenvalue weighted by atomic mass is 32.2. The zero-order valence-electron chi connectivity index (χ0n) is 19.3. The second kappa shape index (κ2) is 9.95. The van der Waals surface area contributed by atoms with Gasteiger partial charge in [-0.2, -0.15) is 0 Å². The van der Waals surface area contributed by atoms with Crippen molar-refractivity contribution in [2.24, 2.45) is 0 Å². The number of amides is 2. The molecule has 0 bridgehead atoms. The number of nitrogens with one attached hydrogen (secondary N) is 2. The fourth-order valence-electron chi connectivity index (χ4n) is 3.55. The Morgan fingerprint density at radius 3 is 1.49 bits per heavy atom. The van der Waals surface area contributed by atoms with Crippen molar-refractivity contribution in [2.75, 3.05) is 12.4 Å². The summed E-state index contributed by atoms with van der Waals surface area (Å²) in [5.74, 6) is -0.454. The normalized spacial score (nSPS) is 11.0. The SMILES string of the molecule is CNC(=O)c1ccc(-c2ccc(C(=O)Nc3ccc(S(=O)(=O)c4ccc(C)cc4)cc3)cc2)cc1. The lowest BCUT2D eigenvalue weighted by Crippen LogP contribution is -2.17. The molecule has 4 rings (SSSR count). The molecule has 0 saturated carbocycles. The van der Waals surface area contributed by atoms with Crippen LogP contribution in [0.1, 0.15) is 26.3 Å². The molecular weight excluding hydrogens is 460 g/mol. The molecule has 7 heteroatoms. The Balaban J connectivity index is 1.44. The zero-order valence-corrected chi connectivity index (χ0v) is 20.1. The number of hydrogen-bond acceptors (Lipinski definition) is 4. The number of hydrogen-bond donors (Lipinski definition) is 2. The van der Waals surface area contributed by atoms with Crippen molar-refractivity contribution in [2.45, 2.75) is 16.7 Å². The molecule has 6 nitrogen and oxygen atoms in total. The molecular formula is C28H24N2O4S. The highest BCUT2D eigenvalue weighted by Gasteiger charge is 2.17. The average Bonchev–Trinajstić information content (AvgIpc) is 2.89. The van der Waals surface area contributed by atoms with Gasteiger partial charge in [-0.15, -0.1) is 0 Å². The molecule has 0 saturated heterocycles. The second-order valence-electron chi connectivity index (χ2n) is 8.03. The van der Waals surface area contributed by atoms with Gasteiger partial charge in [0, 0.05) is 23.9 Å². The number of rotatable bonds is 6. The zero-order chi connectivity index (χ0) is 25.0. The summed E-state index contributed by atoms with van der Waals surface area (Å²) in [5, 5.41) is 5.38. The lowest BCUT2D eigenvalue weighted by atomic mass is 10.0. The molecule has 0 aromatic heterocycles. The fourth-order valence-corrected chi connectivity index (χ4v) is 4.81. The monoisotopic (exact) mass is 484 g/mol. The molecule has 0 fully saturated rings. The molecule has 0 radical (unpaired) electrons. The Bertz CT molecular complexity index is 1460. The van der Waals surface area contributed by atoms with E-state index < -0.39 is 9.84 Å². The molecule has 0 atom stereocenters. The molecule has 0 unspecified atom stereocenters. The van der Waals surface area contributed by atoms with Gasteiger partial charge in [0.25, 0.3) is 11.8 Å². The smallest absolute Gasteiger partial charge is 0.255 e. The Hall–Kier alpha value is -4.23. The fraction of sp³-hybridized carbons (Fsp3) is 0.0714. The summed E-state index contributed by atoms with van der Waals surface area (Å²) in [6.45, 7) is 1.90. The summed E-state index contributed by atoms with van der Waals surface area (Å²) in [7, 11) is -2.04. The van der Waals surface area contributed by atoms with Crippen molar-refractivity contribution in [1.29, 1.82) is 0 Å². The van der Waals surface area contributed by atoms with E-state index in [9.17, 15) is 18.0 Å². The molecule has 0 spiro atoms. The van der Waals surface area contributed by atoms with Crippen molar-refractivity contribution in [1.82, 2.24) is 5.32 Å². The van der Waals surface area contributed by atoms with Crippen LogP contribution in [0.15, 0.2) is 107 Å². The molecule has 2 N–H and O–H groups in total. The summed E-state index contributed by atoms with van der Waals surface area (Å²) in [6, 6.07) is 27.1. The average molecular weight is 485 g/mol. The van der Waals surface area contributed by atoms with Crippen LogP contribution in [-0.4, -0.2) is 27.3 Å². The molecule has 0 aliphatic heterocycles. The second-order valence-corrected chi connectivity index (χ2v) is 9.98. The third kappa shape index (κ3) is 5.31.